The Labute approximate surface area is 187 Å². The molecule has 0 amide bonds. The minimum absolute atomic E-state index is 0.531. The lowest BCUT2D eigenvalue weighted by molar-refractivity contribution is -0.461. The minimum atomic E-state index is -8.71. The van der Waals surface area contributed by atoms with Crippen LogP contribution in [0.25, 0.3) is 0 Å². The maximum atomic E-state index is 13.6. The van der Waals surface area contributed by atoms with Gasteiger partial charge in [-0.2, -0.15) is 74.6 Å². The molecule has 214 valence electrons. The number of carboxylic acids is 1. The Morgan fingerprint density at radius 3 is 1.28 bits per heavy atom. The van der Waals surface area contributed by atoms with Gasteiger partial charge in [-0.3, -0.25) is 9.59 Å². The van der Waals surface area contributed by atoms with Crippen molar-refractivity contribution < 1.29 is 94.1 Å². The molecule has 0 unspecified atom stereocenters. The summed E-state index contributed by atoms with van der Waals surface area (Å²) < 4.78 is 226. The Hall–Kier alpha value is -2.25. The van der Waals surface area contributed by atoms with Crippen LogP contribution < -0.4 is 0 Å². The van der Waals surface area contributed by atoms with Crippen LogP contribution in [0.5, 0.6) is 0 Å². The molecule has 0 saturated carbocycles. The number of carboxylic acid groups (broad SMARTS) is 1. The van der Waals surface area contributed by atoms with Gasteiger partial charge in [-0.05, 0) is 6.42 Å². The summed E-state index contributed by atoms with van der Waals surface area (Å²) in [5.41, 5.74) is 0. The first kappa shape index (κ1) is 33.8. The molecule has 0 aliphatic carbocycles. The van der Waals surface area contributed by atoms with E-state index in [1.54, 1.807) is 0 Å². The molecule has 21 heteroatoms. The number of ether oxygens (including phenoxy) is 1. The topological polar surface area (TPSA) is 63.6 Å². The molecule has 0 fully saturated rings. The summed E-state index contributed by atoms with van der Waals surface area (Å²) in [7, 11) is 0. The van der Waals surface area contributed by atoms with Gasteiger partial charge in [-0.25, -0.2) is 0 Å². The molecular formula is C15H11F17O4. The van der Waals surface area contributed by atoms with Crippen molar-refractivity contribution in [2.75, 3.05) is 6.61 Å². The molecule has 0 aromatic carbocycles. The highest BCUT2D eigenvalue weighted by atomic mass is 19.4. The molecule has 0 atom stereocenters. The van der Waals surface area contributed by atoms with Gasteiger partial charge in [0.15, 0.2) is 0 Å². The largest absolute Gasteiger partial charge is 0.481 e. The molecule has 0 saturated heterocycles. The van der Waals surface area contributed by atoms with E-state index in [1.165, 1.54) is 0 Å². The van der Waals surface area contributed by atoms with Gasteiger partial charge in [0.25, 0.3) is 0 Å². The fraction of sp³-hybridized carbons (Fsp3) is 0.867. The van der Waals surface area contributed by atoms with E-state index < -0.39 is 91.9 Å². The van der Waals surface area contributed by atoms with Crippen LogP contribution in [0.1, 0.15) is 25.7 Å². The molecule has 0 aromatic heterocycles. The second kappa shape index (κ2) is 9.90. The van der Waals surface area contributed by atoms with Crippen LogP contribution in [-0.4, -0.2) is 71.3 Å². The first-order valence-corrected chi connectivity index (χ1v) is 8.65. The molecule has 0 radical (unpaired) electrons. The molecule has 0 rings (SSSR count). The number of hydrogen-bond donors (Lipinski definition) is 1. The van der Waals surface area contributed by atoms with Crippen LogP contribution in [-0.2, 0) is 14.3 Å². The molecule has 36 heavy (non-hydrogen) atoms. The van der Waals surface area contributed by atoms with E-state index in [4.69, 9.17) is 5.11 Å². The third-order valence-electron chi connectivity index (χ3n) is 4.24. The van der Waals surface area contributed by atoms with Crippen molar-refractivity contribution in [1.82, 2.24) is 0 Å². The average molecular weight is 578 g/mol. The van der Waals surface area contributed by atoms with Gasteiger partial charge in [0, 0.05) is 12.8 Å². The standard InChI is InChI=1S/C15H11F17O4/c16-8(17,4-5-36-7(35)3-1-2-6(33)34)9(18,19)10(20,21)11(22,23)12(24,25)13(26,27)14(28,29)15(30,31)32/h1-5H2,(H,33,34). The second-order valence-electron chi connectivity index (χ2n) is 6.87. The maximum absolute atomic E-state index is 13.6. The fourth-order valence-corrected chi connectivity index (χ4v) is 2.10. The quantitative estimate of drug-likeness (QED) is 0.210. The number of halogens is 17. The van der Waals surface area contributed by atoms with E-state index in [2.05, 4.69) is 4.74 Å². The molecular weight excluding hydrogens is 567 g/mol. The summed E-state index contributed by atoms with van der Waals surface area (Å²) in [6.07, 6.45) is -12.9. The molecule has 0 bridgehead atoms. The minimum Gasteiger partial charge on any atom is -0.481 e. The summed E-state index contributed by atoms with van der Waals surface area (Å²) in [6, 6.07) is 0. The SMILES string of the molecule is O=C(O)CCCC(=O)OCCC(F)(F)C(F)(F)C(F)(F)C(F)(F)C(F)(F)C(F)(F)C(F)(F)C(F)(F)F. The van der Waals surface area contributed by atoms with Crippen molar-refractivity contribution in [2.45, 2.75) is 73.3 Å². The highest BCUT2D eigenvalue weighted by Gasteiger charge is 2.95. The Morgan fingerprint density at radius 1 is 0.556 bits per heavy atom. The molecule has 0 aliphatic rings. The van der Waals surface area contributed by atoms with Crippen molar-refractivity contribution in [1.29, 1.82) is 0 Å². The van der Waals surface area contributed by atoms with Gasteiger partial charge in [0.2, 0.25) is 0 Å². The molecule has 0 heterocycles. The zero-order chi connectivity index (χ0) is 29.4. The zero-order valence-electron chi connectivity index (χ0n) is 16.6. The first-order valence-electron chi connectivity index (χ1n) is 8.65. The van der Waals surface area contributed by atoms with E-state index in [0.29, 0.717) is 0 Å². The van der Waals surface area contributed by atoms with E-state index >= 15 is 0 Å². The van der Waals surface area contributed by atoms with E-state index in [0.717, 1.165) is 0 Å². The number of aliphatic carboxylic acids is 1. The Balaban J connectivity index is 6.00. The van der Waals surface area contributed by atoms with Crippen LogP contribution in [0.2, 0.25) is 0 Å². The highest BCUT2D eigenvalue weighted by molar-refractivity contribution is 5.71. The summed E-state index contributed by atoms with van der Waals surface area (Å²) in [5.74, 6) is -60.2. The lowest BCUT2D eigenvalue weighted by Crippen LogP contribution is -2.74. The van der Waals surface area contributed by atoms with E-state index in [1.807, 2.05) is 0 Å². The predicted octanol–water partition coefficient (Wildman–Crippen LogP) is 6.18. The summed E-state index contributed by atoms with van der Waals surface area (Å²) in [6.45, 7) is -2.06. The molecule has 0 aliphatic heterocycles. The van der Waals surface area contributed by atoms with Crippen molar-refractivity contribution in [3.63, 3.8) is 0 Å². The number of esters is 1. The smallest absolute Gasteiger partial charge is 0.460 e. The van der Waals surface area contributed by atoms with Crippen molar-refractivity contribution in [3.05, 3.63) is 0 Å². The van der Waals surface area contributed by atoms with Crippen LogP contribution in [0.3, 0.4) is 0 Å². The summed E-state index contributed by atoms with van der Waals surface area (Å²) >= 11 is 0. The summed E-state index contributed by atoms with van der Waals surface area (Å²) in [5, 5.41) is 8.27. The first-order chi connectivity index (χ1) is 15.6. The molecule has 4 nitrogen and oxygen atoms in total. The Bertz CT molecular complexity index is 802. The zero-order valence-corrected chi connectivity index (χ0v) is 16.6. The normalized spacial score (nSPS) is 15.1. The van der Waals surface area contributed by atoms with Crippen molar-refractivity contribution in [3.8, 4) is 0 Å². The van der Waals surface area contributed by atoms with Crippen LogP contribution in [0.15, 0.2) is 0 Å². The average Bonchev–Trinajstić information content (AvgIpc) is 2.65. The number of carbonyl (C=O) groups excluding carboxylic acids is 1. The van der Waals surface area contributed by atoms with Gasteiger partial charge >= 0.3 is 59.6 Å². The van der Waals surface area contributed by atoms with Gasteiger partial charge in [0.05, 0.1) is 13.0 Å². The maximum Gasteiger partial charge on any atom is 0.460 e. The third kappa shape index (κ3) is 5.52. The lowest BCUT2D eigenvalue weighted by Gasteiger charge is -2.42. The van der Waals surface area contributed by atoms with Gasteiger partial charge < -0.3 is 9.84 Å². The van der Waals surface area contributed by atoms with Gasteiger partial charge in [-0.15, -0.1) is 0 Å². The van der Waals surface area contributed by atoms with Crippen LogP contribution in [0.4, 0.5) is 74.6 Å². The molecule has 1 N–H and O–H groups in total. The lowest BCUT2D eigenvalue weighted by atomic mass is 9.88. The monoisotopic (exact) mass is 578 g/mol. The molecule has 0 spiro atoms. The van der Waals surface area contributed by atoms with Crippen LogP contribution >= 0.6 is 0 Å². The number of carbonyl (C=O) groups is 2. The fourth-order valence-electron chi connectivity index (χ4n) is 2.10. The van der Waals surface area contributed by atoms with E-state index in [-0.39, 0.29) is 0 Å². The Morgan fingerprint density at radius 2 is 0.917 bits per heavy atom. The van der Waals surface area contributed by atoms with E-state index in [9.17, 15) is 84.2 Å². The van der Waals surface area contributed by atoms with Crippen LogP contribution in [0, 0.1) is 0 Å². The number of alkyl halides is 17. The second-order valence-corrected chi connectivity index (χ2v) is 6.87. The van der Waals surface area contributed by atoms with Crippen molar-refractivity contribution in [2.24, 2.45) is 0 Å². The number of hydrogen-bond acceptors (Lipinski definition) is 3. The van der Waals surface area contributed by atoms with Gasteiger partial charge in [-0.1, -0.05) is 0 Å². The van der Waals surface area contributed by atoms with Crippen molar-refractivity contribution >= 4 is 11.9 Å². The number of rotatable bonds is 13. The molecule has 0 aromatic rings. The third-order valence-corrected chi connectivity index (χ3v) is 4.24. The van der Waals surface area contributed by atoms with Gasteiger partial charge in [0.1, 0.15) is 0 Å². The predicted molar refractivity (Wildman–Crippen MR) is 77.7 cm³/mol. The Kier molecular flexibility index (Phi) is 9.28. The highest BCUT2D eigenvalue weighted by Crippen LogP contribution is 2.64. The summed E-state index contributed by atoms with van der Waals surface area (Å²) in [4.78, 5) is 21.3.